The Hall–Kier alpha value is -2.03. The summed E-state index contributed by atoms with van der Waals surface area (Å²) in [6.45, 7) is -0.300. The molecule has 2 rings (SSSR count). The minimum Gasteiger partial charge on any atom is -0.394 e. The van der Waals surface area contributed by atoms with Crippen LogP contribution in [0.15, 0.2) is 35.3 Å². The fourth-order valence-electron chi connectivity index (χ4n) is 1.99. The molecular weight excluding hydrogens is 430 g/mol. The first-order valence-electron chi connectivity index (χ1n) is 6.95. The first kappa shape index (κ1) is 18.3. The van der Waals surface area contributed by atoms with Crippen LogP contribution in [0.25, 0.3) is 0 Å². The number of hydroxylamine groups is 1. The lowest BCUT2D eigenvalue weighted by atomic mass is 10.0. The molecule has 1 aromatic carbocycles. The first-order valence-corrected chi connectivity index (χ1v) is 8.03. The van der Waals surface area contributed by atoms with E-state index < -0.39 is 23.8 Å². The number of dihydropyridines is 1. The van der Waals surface area contributed by atoms with Crippen molar-refractivity contribution in [2.45, 2.75) is 6.17 Å². The fraction of sp³-hybridized carbons (Fsp3) is 0.267. The third kappa shape index (κ3) is 4.73. The van der Waals surface area contributed by atoms with Gasteiger partial charge in [0.25, 0.3) is 5.91 Å². The molecule has 0 saturated heterocycles. The number of aliphatic imine (C=N–C) groups is 1. The normalized spacial score (nSPS) is 19.3. The number of nitrogens with one attached hydrogen (secondary N) is 2. The lowest BCUT2D eigenvalue weighted by Gasteiger charge is -2.25. The van der Waals surface area contributed by atoms with Crippen molar-refractivity contribution in [1.82, 2.24) is 5.48 Å². The van der Waals surface area contributed by atoms with Gasteiger partial charge < -0.3 is 10.4 Å². The molecule has 9 heteroatoms. The zero-order valence-corrected chi connectivity index (χ0v) is 14.5. The van der Waals surface area contributed by atoms with Gasteiger partial charge in [0.05, 0.1) is 24.8 Å². The number of benzene rings is 1. The summed E-state index contributed by atoms with van der Waals surface area (Å²) < 4.78 is 14.7. The summed E-state index contributed by atoms with van der Waals surface area (Å²) >= 11 is 1.98. The molecule has 0 saturated carbocycles. The van der Waals surface area contributed by atoms with Gasteiger partial charge in [-0.05, 0) is 46.9 Å². The number of carbonyl (C=O) groups excluding carboxylic acids is 1. The Bertz CT molecular complexity index is 717. The maximum atomic E-state index is 14.0. The van der Waals surface area contributed by atoms with E-state index in [9.17, 15) is 9.18 Å². The lowest BCUT2D eigenvalue weighted by molar-refractivity contribution is -0.137. The SMILES string of the molecule is N#CC1=NC(Nc2ccc(I)cc2F)C(C(=O)NOCCO)C=C1. The average Bonchev–Trinajstić information content (AvgIpc) is 2.57. The van der Waals surface area contributed by atoms with Crippen molar-refractivity contribution in [2.75, 3.05) is 18.5 Å². The third-order valence-electron chi connectivity index (χ3n) is 3.10. The lowest BCUT2D eigenvalue weighted by Crippen LogP contribution is -2.41. The Morgan fingerprint density at radius 3 is 3.00 bits per heavy atom. The number of nitrogens with zero attached hydrogens (tertiary/aromatic N) is 2. The summed E-state index contributed by atoms with van der Waals surface area (Å²) in [7, 11) is 0. The Labute approximate surface area is 151 Å². The van der Waals surface area contributed by atoms with E-state index in [1.807, 2.05) is 28.7 Å². The van der Waals surface area contributed by atoms with Gasteiger partial charge in [-0.25, -0.2) is 14.9 Å². The molecule has 1 amide bonds. The predicted molar refractivity (Wildman–Crippen MR) is 93.4 cm³/mol. The summed E-state index contributed by atoms with van der Waals surface area (Å²) in [5.41, 5.74) is 2.48. The third-order valence-corrected chi connectivity index (χ3v) is 3.77. The molecule has 24 heavy (non-hydrogen) atoms. The van der Waals surface area contributed by atoms with Crippen molar-refractivity contribution in [3.8, 4) is 6.07 Å². The molecule has 0 aromatic heterocycles. The number of halogens is 2. The van der Waals surface area contributed by atoms with Gasteiger partial charge in [0.1, 0.15) is 23.8 Å². The van der Waals surface area contributed by atoms with Gasteiger partial charge >= 0.3 is 0 Å². The summed E-state index contributed by atoms with van der Waals surface area (Å²) in [6.07, 6.45) is 2.04. The largest absolute Gasteiger partial charge is 0.394 e. The van der Waals surface area contributed by atoms with Crippen LogP contribution in [0, 0.1) is 26.6 Å². The molecule has 1 aromatic rings. The van der Waals surface area contributed by atoms with Gasteiger partial charge in [0.15, 0.2) is 0 Å². The number of hydrogen-bond acceptors (Lipinski definition) is 6. The minimum absolute atomic E-state index is 0.0568. The molecule has 1 aliphatic heterocycles. The quantitative estimate of drug-likeness (QED) is 0.349. The van der Waals surface area contributed by atoms with Crippen LogP contribution in [0.3, 0.4) is 0 Å². The molecule has 2 atom stereocenters. The van der Waals surface area contributed by atoms with E-state index in [2.05, 4.69) is 15.8 Å². The van der Waals surface area contributed by atoms with Gasteiger partial charge in [-0.2, -0.15) is 5.26 Å². The van der Waals surface area contributed by atoms with Crippen molar-refractivity contribution < 1.29 is 19.1 Å². The van der Waals surface area contributed by atoms with E-state index in [0.717, 1.165) is 3.57 Å². The van der Waals surface area contributed by atoms with E-state index in [-0.39, 0.29) is 24.6 Å². The molecular formula is C15H14FIN4O3. The summed E-state index contributed by atoms with van der Waals surface area (Å²) in [6, 6.07) is 6.47. The van der Waals surface area contributed by atoms with Crippen LogP contribution in [0.2, 0.25) is 0 Å². The molecule has 126 valence electrons. The standard InChI is InChI=1S/C15H14FIN4O3/c16-12-7-9(17)1-4-13(12)20-14-11(3-2-10(8-18)19-14)15(23)21-24-6-5-22/h1-4,7,11,14,20,22H,5-6H2,(H,21,23). The molecule has 7 nitrogen and oxygen atoms in total. The first-order chi connectivity index (χ1) is 11.5. The Morgan fingerprint density at radius 1 is 1.54 bits per heavy atom. The smallest absolute Gasteiger partial charge is 0.254 e. The van der Waals surface area contributed by atoms with Crippen LogP contribution in [-0.2, 0) is 9.63 Å². The van der Waals surface area contributed by atoms with Crippen LogP contribution in [-0.4, -0.2) is 36.1 Å². The van der Waals surface area contributed by atoms with Gasteiger partial charge in [0, 0.05) is 3.57 Å². The Balaban J connectivity index is 2.17. The number of carbonyl (C=O) groups is 1. The predicted octanol–water partition coefficient (Wildman–Crippen LogP) is 1.36. The number of anilines is 1. The van der Waals surface area contributed by atoms with Gasteiger partial charge in [-0.15, -0.1) is 0 Å². The van der Waals surface area contributed by atoms with Crippen LogP contribution >= 0.6 is 22.6 Å². The van der Waals surface area contributed by atoms with E-state index in [0.29, 0.717) is 0 Å². The molecule has 1 heterocycles. The molecule has 0 spiro atoms. The number of nitriles is 1. The highest BCUT2D eigenvalue weighted by molar-refractivity contribution is 14.1. The summed E-state index contributed by atoms with van der Waals surface area (Å²) in [5.74, 6) is -1.82. The molecule has 3 N–H and O–H groups in total. The minimum atomic E-state index is -0.864. The van der Waals surface area contributed by atoms with Crippen molar-refractivity contribution in [3.05, 3.63) is 39.7 Å². The fourth-order valence-corrected chi connectivity index (χ4v) is 2.45. The molecule has 0 radical (unpaired) electrons. The topological polar surface area (TPSA) is 107 Å². The molecule has 2 unspecified atom stereocenters. The highest BCUT2D eigenvalue weighted by Gasteiger charge is 2.29. The number of amides is 1. The second kappa shape index (κ2) is 8.72. The maximum Gasteiger partial charge on any atom is 0.254 e. The summed E-state index contributed by atoms with van der Waals surface area (Å²) in [5, 5.41) is 20.5. The monoisotopic (exact) mass is 444 g/mol. The van der Waals surface area contributed by atoms with E-state index >= 15 is 0 Å². The number of aliphatic hydroxyl groups is 1. The second-order valence-electron chi connectivity index (χ2n) is 4.76. The van der Waals surface area contributed by atoms with Crippen LogP contribution in [0.4, 0.5) is 10.1 Å². The molecule has 0 bridgehead atoms. The highest BCUT2D eigenvalue weighted by atomic mass is 127. The van der Waals surface area contributed by atoms with Crippen LogP contribution in [0.1, 0.15) is 0 Å². The molecule has 1 aliphatic rings. The Kier molecular flexibility index (Phi) is 6.65. The van der Waals surface area contributed by atoms with Crippen molar-refractivity contribution in [2.24, 2.45) is 10.9 Å². The second-order valence-corrected chi connectivity index (χ2v) is 6.01. The van der Waals surface area contributed by atoms with Crippen molar-refractivity contribution in [3.63, 3.8) is 0 Å². The van der Waals surface area contributed by atoms with Gasteiger partial charge in [0.2, 0.25) is 0 Å². The highest BCUT2D eigenvalue weighted by Crippen LogP contribution is 2.22. The van der Waals surface area contributed by atoms with Gasteiger partial charge in [-0.3, -0.25) is 9.63 Å². The van der Waals surface area contributed by atoms with Crippen molar-refractivity contribution in [1.29, 1.82) is 5.26 Å². The maximum absolute atomic E-state index is 14.0. The molecule has 0 fully saturated rings. The number of aliphatic hydroxyl groups excluding tert-OH is 1. The van der Waals surface area contributed by atoms with E-state index in [4.69, 9.17) is 15.2 Å². The number of allylic oxidation sites excluding steroid dienone is 1. The zero-order chi connectivity index (χ0) is 17.5. The van der Waals surface area contributed by atoms with Gasteiger partial charge in [-0.1, -0.05) is 6.08 Å². The average molecular weight is 444 g/mol. The zero-order valence-electron chi connectivity index (χ0n) is 12.4. The number of rotatable bonds is 6. The molecule has 0 aliphatic carbocycles. The number of hydrogen-bond donors (Lipinski definition) is 3. The Morgan fingerprint density at radius 2 is 2.33 bits per heavy atom. The van der Waals surface area contributed by atoms with Crippen LogP contribution in [0.5, 0.6) is 0 Å². The van der Waals surface area contributed by atoms with Crippen LogP contribution < -0.4 is 10.8 Å². The van der Waals surface area contributed by atoms with E-state index in [1.165, 1.54) is 24.3 Å². The summed E-state index contributed by atoms with van der Waals surface area (Å²) in [4.78, 5) is 21.1. The van der Waals surface area contributed by atoms with E-state index in [1.54, 1.807) is 6.07 Å². The van der Waals surface area contributed by atoms with Crippen molar-refractivity contribution >= 4 is 39.9 Å².